The minimum Gasteiger partial charge on any atom is -0.497 e. The molecule has 84 valence electrons. The summed E-state index contributed by atoms with van der Waals surface area (Å²) in [6.07, 6.45) is 10.2. The van der Waals surface area contributed by atoms with Crippen LogP contribution in [0.2, 0.25) is 0 Å². The summed E-state index contributed by atoms with van der Waals surface area (Å²) in [6.45, 7) is 0. The van der Waals surface area contributed by atoms with Gasteiger partial charge in [0.05, 0.1) is 7.11 Å². The third-order valence-electron chi connectivity index (χ3n) is 4.04. The molecule has 16 heavy (non-hydrogen) atoms. The number of allylic oxidation sites excluding steroid dienone is 1. The maximum Gasteiger partial charge on any atom is 0.119 e. The fourth-order valence-electron chi connectivity index (χ4n) is 3.16. The zero-order valence-electron chi connectivity index (χ0n) is 9.78. The molecular formula is C15H18O. The minimum absolute atomic E-state index is 0.740. The number of ether oxygens (including phenoxy) is 1. The Hall–Kier alpha value is -1.24. The first-order valence-corrected chi connectivity index (χ1v) is 6.24. The molecule has 1 saturated carbocycles. The quantitative estimate of drug-likeness (QED) is 0.686. The van der Waals surface area contributed by atoms with Gasteiger partial charge in [-0.3, -0.25) is 0 Å². The van der Waals surface area contributed by atoms with Gasteiger partial charge in [-0.25, -0.2) is 0 Å². The van der Waals surface area contributed by atoms with Crippen molar-refractivity contribution < 1.29 is 4.74 Å². The second kappa shape index (κ2) is 3.97. The highest BCUT2D eigenvalue weighted by Gasteiger charge is 2.28. The van der Waals surface area contributed by atoms with Gasteiger partial charge in [-0.15, -0.1) is 0 Å². The lowest BCUT2D eigenvalue weighted by Crippen LogP contribution is -2.19. The van der Waals surface area contributed by atoms with Crippen LogP contribution in [0.25, 0.3) is 6.08 Å². The molecule has 2 aliphatic carbocycles. The lowest BCUT2D eigenvalue weighted by Gasteiger charge is -2.33. The van der Waals surface area contributed by atoms with Crippen molar-refractivity contribution in [3.05, 3.63) is 35.4 Å². The molecule has 0 unspecified atom stereocenters. The van der Waals surface area contributed by atoms with Crippen molar-refractivity contribution in [3.63, 3.8) is 0 Å². The standard InChI is InChI=1S/C15H18O/c1-16-13-9-8-12-7-6-11-4-2-3-5-14(11)15(12)10-13/h6-11,14H,2-5H2,1H3/t11-,14+/m0/s1. The second-order valence-corrected chi connectivity index (χ2v) is 4.91. The van der Waals surface area contributed by atoms with Crippen LogP contribution in [0.1, 0.15) is 42.7 Å². The van der Waals surface area contributed by atoms with E-state index in [1.54, 1.807) is 7.11 Å². The van der Waals surface area contributed by atoms with E-state index < -0.39 is 0 Å². The Morgan fingerprint density at radius 2 is 2.06 bits per heavy atom. The van der Waals surface area contributed by atoms with Gasteiger partial charge in [0, 0.05) is 0 Å². The van der Waals surface area contributed by atoms with Crippen molar-refractivity contribution in [2.24, 2.45) is 5.92 Å². The van der Waals surface area contributed by atoms with E-state index in [0.717, 1.165) is 17.6 Å². The topological polar surface area (TPSA) is 9.23 Å². The molecule has 0 amide bonds. The Morgan fingerprint density at radius 1 is 1.19 bits per heavy atom. The molecule has 1 aromatic carbocycles. The third-order valence-corrected chi connectivity index (χ3v) is 4.04. The van der Waals surface area contributed by atoms with Gasteiger partial charge in [-0.2, -0.15) is 0 Å². The molecule has 1 fully saturated rings. The first-order valence-electron chi connectivity index (χ1n) is 6.24. The molecule has 2 atom stereocenters. The van der Waals surface area contributed by atoms with Crippen molar-refractivity contribution >= 4 is 6.08 Å². The van der Waals surface area contributed by atoms with Crippen LogP contribution < -0.4 is 4.74 Å². The Kier molecular flexibility index (Phi) is 2.47. The van der Waals surface area contributed by atoms with E-state index in [9.17, 15) is 0 Å². The number of fused-ring (bicyclic) bond motifs is 3. The summed E-state index contributed by atoms with van der Waals surface area (Å²) in [5.74, 6) is 2.51. The number of hydrogen-bond acceptors (Lipinski definition) is 1. The molecular weight excluding hydrogens is 196 g/mol. The maximum absolute atomic E-state index is 5.34. The smallest absolute Gasteiger partial charge is 0.119 e. The van der Waals surface area contributed by atoms with Crippen LogP contribution in [-0.2, 0) is 0 Å². The predicted molar refractivity (Wildman–Crippen MR) is 66.7 cm³/mol. The summed E-state index contributed by atoms with van der Waals surface area (Å²) in [6, 6.07) is 6.49. The first-order chi connectivity index (χ1) is 7.88. The molecule has 0 radical (unpaired) electrons. The summed E-state index contributed by atoms with van der Waals surface area (Å²) in [7, 11) is 1.75. The van der Waals surface area contributed by atoms with E-state index in [2.05, 4.69) is 30.4 Å². The van der Waals surface area contributed by atoms with Gasteiger partial charge in [0.25, 0.3) is 0 Å². The van der Waals surface area contributed by atoms with E-state index in [1.807, 2.05) is 0 Å². The summed E-state index contributed by atoms with van der Waals surface area (Å²) >= 11 is 0. The summed E-state index contributed by atoms with van der Waals surface area (Å²) in [5.41, 5.74) is 2.90. The Morgan fingerprint density at radius 3 is 2.94 bits per heavy atom. The Balaban J connectivity index is 2.03. The molecule has 1 heteroatoms. The maximum atomic E-state index is 5.34. The van der Waals surface area contributed by atoms with Crippen LogP contribution in [-0.4, -0.2) is 7.11 Å². The van der Waals surface area contributed by atoms with Gasteiger partial charge in [-0.1, -0.05) is 31.1 Å². The van der Waals surface area contributed by atoms with Crippen LogP contribution >= 0.6 is 0 Å². The first kappa shape index (κ1) is 9.95. The molecule has 1 aromatic rings. The third kappa shape index (κ3) is 1.55. The van der Waals surface area contributed by atoms with Crippen molar-refractivity contribution in [2.45, 2.75) is 31.6 Å². The number of benzene rings is 1. The molecule has 0 N–H and O–H groups in total. The highest BCUT2D eigenvalue weighted by atomic mass is 16.5. The van der Waals surface area contributed by atoms with E-state index in [4.69, 9.17) is 4.74 Å². The van der Waals surface area contributed by atoms with Gasteiger partial charge in [-0.05, 0) is 47.9 Å². The normalized spacial score (nSPS) is 27.1. The average Bonchev–Trinajstić information content (AvgIpc) is 2.38. The lowest BCUT2D eigenvalue weighted by molar-refractivity contribution is 0.357. The van der Waals surface area contributed by atoms with Crippen molar-refractivity contribution in [1.82, 2.24) is 0 Å². The second-order valence-electron chi connectivity index (χ2n) is 4.91. The van der Waals surface area contributed by atoms with E-state index in [-0.39, 0.29) is 0 Å². The van der Waals surface area contributed by atoms with Crippen LogP contribution in [0.3, 0.4) is 0 Å². The summed E-state index contributed by atoms with van der Waals surface area (Å²) in [5, 5.41) is 0. The van der Waals surface area contributed by atoms with Gasteiger partial charge < -0.3 is 4.74 Å². The Labute approximate surface area is 97.1 Å². The molecule has 1 nitrogen and oxygen atoms in total. The number of hydrogen-bond donors (Lipinski definition) is 0. The molecule has 0 spiro atoms. The highest BCUT2D eigenvalue weighted by molar-refractivity contribution is 5.60. The van der Waals surface area contributed by atoms with E-state index in [1.165, 1.54) is 36.8 Å². The van der Waals surface area contributed by atoms with Crippen molar-refractivity contribution in [3.8, 4) is 5.75 Å². The minimum atomic E-state index is 0.740. The Bertz CT molecular complexity index is 419. The number of rotatable bonds is 1. The summed E-state index contributed by atoms with van der Waals surface area (Å²) < 4.78 is 5.34. The molecule has 0 aromatic heterocycles. The molecule has 2 aliphatic rings. The van der Waals surface area contributed by atoms with E-state index in [0.29, 0.717) is 0 Å². The fraction of sp³-hybridized carbons (Fsp3) is 0.467. The van der Waals surface area contributed by atoms with Gasteiger partial charge in [0.1, 0.15) is 5.75 Å². The van der Waals surface area contributed by atoms with Gasteiger partial charge in [0.15, 0.2) is 0 Å². The predicted octanol–water partition coefficient (Wildman–Crippen LogP) is 4.00. The largest absolute Gasteiger partial charge is 0.497 e. The van der Waals surface area contributed by atoms with Crippen LogP contribution in [0.15, 0.2) is 24.3 Å². The van der Waals surface area contributed by atoms with Gasteiger partial charge in [0.2, 0.25) is 0 Å². The van der Waals surface area contributed by atoms with Crippen LogP contribution in [0, 0.1) is 5.92 Å². The van der Waals surface area contributed by atoms with Crippen LogP contribution in [0.5, 0.6) is 5.75 Å². The SMILES string of the molecule is COc1ccc2c(c1)[C@@H]1CCCC[C@H]1C=C2. The highest BCUT2D eigenvalue weighted by Crippen LogP contribution is 2.44. The molecule has 0 saturated heterocycles. The summed E-state index contributed by atoms with van der Waals surface area (Å²) in [4.78, 5) is 0. The molecule has 0 heterocycles. The van der Waals surface area contributed by atoms with Crippen LogP contribution in [0.4, 0.5) is 0 Å². The van der Waals surface area contributed by atoms with Crippen molar-refractivity contribution in [2.75, 3.05) is 7.11 Å². The van der Waals surface area contributed by atoms with Gasteiger partial charge >= 0.3 is 0 Å². The zero-order valence-corrected chi connectivity index (χ0v) is 9.78. The number of methoxy groups -OCH3 is 1. The monoisotopic (exact) mass is 214 g/mol. The molecule has 0 bridgehead atoms. The average molecular weight is 214 g/mol. The molecule has 0 aliphatic heterocycles. The lowest BCUT2D eigenvalue weighted by atomic mass is 9.71. The molecule has 3 rings (SSSR count). The zero-order chi connectivity index (χ0) is 11.0. The van der Waals surface area contributed by atoms with Crippen molar-refractivity contribution in [1.29, 1.82) is 0 Å². The van der Waals surface area contributed by atoms with E-state index >= 15 is 0 Å². The fourth-order valence-corrected chi connectivity index (χ4v) is 3.16.